The molecule has 1 heterocycles. The number of piperidine rings is 1. The van der Waals surface area contributed by atoms with Crippen molar-refractivity contribution in [3.05, 3.63) is 101 Å². The predicted molar refractivity (Wildman–Crippen MR) is 153 cm³/mol. The number of aliphatic hydroxyl groups excluding tert-OH is 1. The molecule has 220 valence electrons. The SMILES string of the molecule is Cc1cc(OCC=C(c2ccc(C#CCN3CCC(O)CC3)cc2)c2ccc(C(F)(F)F)cc2)ccc1OCC(=O)O. The maximum Gasteiger partial charge on any atom is 0.416 e. The molecular weight excluding hydrogens is 547 g/mol. The summed E-state index contributed by atoms with van der Waals surface area (Å²) < 4.78 is 50.6. The summed E-state index contributed by atoms with van der Waals surface area (Å²) in [4.78, 5) is 13.0. The van der Waals surface area contributed by atoms with E-state index in [2.05, 4.69) is 16.7 Å². The molecule has 0 amide bonds. The summed E-state index contributed by atoms with van der Waals surface area (Å²) >= 11 is 0. The van der Waals surface area contributed by atoms with E-state index in [1.54, 1.807) is 31.2 Å². The number of nitrogens with zero attached hydrogens (tertiary/aromatic N) is 1. The summed E-state index contributed by atoms with van der Waals surface area (Å²) in [7, 11) is 0. The lowest BCUT2D eigenvalue weighted by Crippen LogP contribution is -2.35. The average molecular weight is 580 g/mol. The lowest BCUT2D eigenvalue weighted by molar-refractivity contribution is -0.139. The fourth-order valence-electron chi connectivity index (χ4n) is 4.54. The van der Waals surface area contributed by atoms with Crippen LogP contribution in [0.2, 0.25) is 0 Å². The topological polar surface area (TPSA) is 79.2 Å². The second-order valence-electron chi connectivity index (χ2n) is 10.0. The molecule has 0 saturated carbocycles. The average Bonchev–Trinajstić information content (AvgIpc) is 2.96. The Morgan fingerprint density at radius 1 is 1.00 bits per heavy atom. The van der Waals surface area contributed by atoms with Crippen LogP contribution in [0.25, 0.3) is 5.57 Å². The minimum absolute atomic E-state index is 0.136. The summed E-state index contributed by atoms with van der Waals surface area (Å²) in [5.74, 6) is 6.23. The van der Waals surface area contributed by atoms with Gasteiger partial charge in [-0.05, 0) is 90.6 Å². The Morgan fingerprint density at radius 2 is 1.64 bits per heavy atom. The van der Waals surface area contributed by atoms with Gasteiger partial charge in [-0.2, -0.15) is 13.2 Å². The van der Waals surface area contributed by atoms with Crippen LogP contribution in [0.4, 0.5) is 13.2 Å². The lowest BCUT2D eigenvalue weighted by Gasteiger charge is -2.27. The minimum Gasteiger partial charge on any atom is -0.489 e. The monoisotopic (exact) mass is 579 g/mol. The Kier molecular flexibility index (Phi) is 10.3. The van der Waals surface area contributed by atoms with Crippen LogP contribution in [-0.2, 0) is 11.0 Å². The molecule has 2 N–H and O–H groups in total. The molecule has 3 aromatic carbocycles. The predicted octanol–water partition coefficient (Wildman–Crippen LogP) is 5.80. The van der Waals surface area contributed by atoms with Crippen molar-refractivity contribution in [2.45, 2.75) is 32.0 Å². The molecule has 1 aliphatic rings. The van der Waals surface area contributed by atoms with Crippen molar-refractivity contribution < 1.29 is 37.7 Å². The Labute approximate surface area is 243 Å². The Hall–Kier alpha value is -4.26. The number of benzene rings is 3. The molecule has 0 atom stereocenters. The number of halogens is 3. The number of carbonyl (C=O) groups is 1. The standard InChI is InChI=1S/C33H32F3NO5/c1-23-21-29(12-13-31(23)42-22-32(39)40)41-20-16-30(26-8-10-27(11-9-26)33(34,35)36)25-6-4-24(5-7-25)3-2-17-37-18-14-28(38)15-19-37/h4-13,16,21,28,38H,14-15,17-20,22H2,1H3,(H,39,40). The first-order valence-electron chi connectivity index (χ1n) is 13.5. The van der Waals surface area contributed by atoms with Gasteiger partial charge in [0, 0.05) is 18.7 Å². The van der Waals surface area contributed by atoms with Crippen molar-refractivity contribution in [1.82, 2.24) is 4.90 Å². The number of aliphatic carboxylic acids is 1. The number of aryl methyl sites for hydroxylation is 1. The number of aliphatic hydroxyl groups is 1. The molecular formula is C33H32F3NO5. The second kappa shape index (κ2) is 14.1. The van der Waals surface area contributed by atoms with E-state index in [1.165, 1.54) is 12.1 Å². The molecule has 9 heteroatoms. The first-order valence-corrected chi connectivity index (χ1v) is 13.5. The van der Waals surface area contributed by atoms with Gasteiger partial charge in [0.25, 0.3) is 0 Å². The van der Waals surface area contributed by atoms with Gasteiger partial charge in [0.05, 0.1) is 18.2 Å². The van der Waals surface area contributed by atoms with E-state index in [1.807, 2.05) is 24.3 Å². The molecule has 1 aliphatic heterocycles. The number of carboxylic acid groups (broad SMARTS) is 1. The van der Waals surface area contributed by atoms with Crippen LogP contribution in [-0.4, -0.2) is 60.0 Å². The Morgan fingerprint density at radius 3 is 2.24 bits per heavy atom. The highest BCUT2D eigenvalue weighted by Gasteiger charge is 2.30. The summed E-state index contributed by atoms with van der Waals surface area (Å²) in [5, 5.41) is 18.5. The Balaban J connectivity index is 1.50. The van der Waals surface area contributed by atoms with Gasteiger partial charge in [-0.3, -0.25) is 4.90 Å². The van der Waals surface area contributed by atoms with E-state index in [4.69, 9.17) is 14.6 Å². The van der Waals surface area contributed by atoms with Gasteiger partial charge >= 0.3 is 12.1 Å². The van der Waals surface area contributed by atoms with Crippen LogP contribution in [0.3, 0.4) is 0 Å². The Bertz CT molecular complexity index is 1450. The summed E-state index contributed by atoms with van der Waals surface area (Å²) in [5.41, 5.74) is 2.90. The summed E-state index contributed by atoms with van der Waals surface area (Å²) in [6, 6.07) is 17.5. The third-order valence-corrected chi connectivity index (χ3v) is 6.85. The molecule has 1 saturated heterocycles. The van der Waals surface area contributed by atoms with Crippen molar-refractivity contribution in [2.75, 3.05) is 32.8 Å². The van der Waals surface area contributed by atoms with Crippen molar-refractivity contribution in [3.63, 3.8) is 0 Å². The molecule has 0 unspecified atom stereocenters. The highest BCUT2D eigenvalue weighted by atomic mass is 19.4. The van der Waals surface area contributed by atoms with E-state index in [-0.39, 0.29) is 12.7 Å². The van der Waals surface area contributed by atoms with Gasteiger partial charge in [0.15, 0.2) is 6.61 Å². The molecule has 1 fully saturated rings. The number of hydrogen-bond donors (Lipinski definition) is 2. The maximum absolute atomic E-state index is 13.2. The second-order valence-corrected chi connectivity index (χ2v) is 10.0. The van der Waals surface area contributed by atoms with Gasteiger partial charge in [-0.1, -0.05) is 36.1 Å². The molecule has 0 spiro atoms. The quantitative estimate of drug-likeness (QED) is 0.312. The molecule has 6 nitrogen and oxygen atoms in total. The molecule has 42 heavy (non-hydrogen) atoms. The summed E-state index contributed by atoms with van der Waals surface area (Å²) in [6.45, 7) is 3.72. The smallest absolute Gasteiger partial charge is 0.416 e. The zero-order valence-corrected chi connectivity index (χ0v) is 23.2. The number of alkyl halides is 3. The largest absolute Gasteiger partial charge is 0.489 e. The van der Waals surface area contributed by atoms with Crippen molar-refractivity contribution in [2.24, 2.45) is 0 Å². The third-order valence-electron chi connectivity index (χ3n) is 6.85. The zero-order chi connectivity index (χ0) is 30.1. The first-order chi connectivity index (χ1) is 20.1. The van der Waals surface area contributed by atoms with Crippen LogP contribution in [0.15, 0.2) is 72.8 Å². The van der Waals surface area contributed by atoms with Crippen LogP contribution < -0.4 is 9.47 Å². The third kappa shape index (κ3) is 8.87. The van der Waals surface area contributed by atoms with Crippen molar-refractivity contribution in [3.8, 4) is 23.3 Å². The van der Waals surface area contributed by atoms with E-state index in [0.29, 0.717) is 34.7 Å². The number of carboxylic acids is 1. The highest BCUT2D eigenvalue weighted by molar-refractivity contribution is 5.80. The molecule has 4 rings (SSSR count). The lowest BCUT2D eigenvalue weighted by atomic mass is 9.96. The zero-order valence-electron chi connectivity index (χ0n) is 23.2. The van der Waals surface area contributed by atoms with Crippen LogP contribution >= 0.6 is 0 Å². The van der Waals surface area contributed by atoms with E-state index >= 15 is 0 Å². The van der Waals surface area contributed by atoms with E-state index in [0.717, 1.165) is 49.2 Å². The number of hydrogen-bond acceptors (Lipinski definition) is 5. The van der Waals surface area contributed by atoms with Gasteiger partial charge in [-0.25, -0.2) is 4.79 Å². The summed E-state index contributed by atoms with van der Waals surface area (Å²) in [6.07, 6.45) is -1.35. The van der Waals surface area contributed by atoms with Crippen LogP contribution in [0.1, 0.15) is 40.7 Å². The molecule has 3 aromatic rings. The van der Waals surface area contributed by atoms with Gasteiger partial charge in [-0.15, -0.1) is 0 Å². The normalized spacial score (nSPS) is 14.6. The van der Waals surface area contributed by atoms with Gasteiger partial charge < -0.3 is 19.7 Å². The number of rotatable bonds is 9. The van der Waals surface area contributed by atoms with E-state index in [9.17, 15) is 23.1 Å². The molecule has 0 aliphatic carbocycles. The van der Waals surface area contributed by atoms with Gasteiger partial charge in [0.1, 0.15) is 18.1 Å². The minimum atomic E-state index is -4.43. The highest BCUT2D eigenvalue weighted by Crippen LogP contribution is 2.32. The molecule has 0 bridgehead atoms. The number of ether oxygens (including phenoxy) is 2. The number of likely N-dealkylation sites (tertiary alicyclic amines) is 1. The fraction of sp³-hybridized carbons (Fsp3) is 0.303. The van der Waals surface area contributed by atoms with Crippen molar-refractivity contribution in [1.29, 1.82) is 0 Å². The van der Waals surface area contributed by atoms with Crippen LogP contribution in [0, 0.1) is 18.8 Å². The van der Waals surface area contributed by atoms with Crippen molar-refractivity contribution >= 4 is 11.5 Å². The van der Waals surface area contributed by atoms with Gasteiger partial charge in [0.2, 0.25) is 0 Å². The maximum atomic E-state index is 13.2. The first kappa shape index (κ1) is 30.7. The van der Waals surface area contributed by atoms with Crippen LogP contribution in [0.5, 0.6) is 11.5 Å². The van der Waals surface area contributed by atoms with E-state index < -0.39 is 24.3 Å². The molecule has 0 aromatic heterocycles. The molecule has 0 radical (unpaired) electrons. The fourth-order valence-corrected chi connectivity index (χ4v) is 4.54.